The number of hydrogen-bond acceptors (Lipinski definition) is 2. The maximum atomic E-state index is 12.4. The minimum Gasteiger partial charge on any atom is -0.355 e. The van der Waals surface area contributed by atoms with Gasteiger partial charge in [0.25, 0.3) is 0 Å². The molecular weight excluding hydrogens is 353 g/mol. The third-order valence-electron chi connectivity index (χ3n) is 4.96. The van der Waals surface area contributed by atoms with E-state index in [2.05, 4.69) is 61.0 Å². The van der Waals surface area contributed by atoms with E-state index in [1.54, 1.807) is 13.8 Å². The second-order valence-electron chi connectivity index (χ2n) is 8.31. The van der Waals surface area contributed by atoms with Crippen LogP contribution in [0, 0.1) is 0 Å². The highest BCUT2D eigenvalue weighted by molar-refractivity contribution is 5.89. The van der Waals surface area contributed by atoms with Crippen molar-refractivity contribution in [1.82, 2.24) is 4.98 Å². The van der Waals surface area contributed by atoms with Crippen LogP contribution in [0.3, 0.4) is 0 Å². The molecule has 2 aromatic carbocycles. The molecule has 0 unspecified atom stereocenters. The van der Waals surface area contributed by atoms with Gasteiger partial charge in [0.15, 0.2) is 0 Å². The summed E-state index contributed by atoms with van der Waals surface area (Å²) in [6.45, 7) is 13.9. The van der Waals surface area contributed by atoms with E-state index in [-0.39, 0.29) is 5.41 Å². The number of halogens is 1. The van der Waals surface area contributed by atoms with Gasteiger partial charge in [-0.15, -0.1) is 0 Å². The molecule has 0 spiro atoms. The number of aromatic amines is 1. The molecule has 0 saturated carbocycles. The summed E-state index contributed by atoms with van der Waals surface area (Å²) < 4.78 is 12.4. The number of hydrogen-bond donors (Lipinski definition) is 1. The summed E-state index contributed by atoms with van der Waals surface area (Å²) in [5, 5.41) is 0.971. The Hall–Kier alpha value is -2.62. The quantitative estimate of drug-likeness (QED) is 0.536. The van der Waals surface area contributed by atoms with Gasteiger partial charge in [0, 0.05) is 21.1 Å². The minimum absolute atomic E-state index is 0.0753. The topological polar surface area (TPSA) is 42.1 Å². The molecule has 3 nitrogen and oxygen atoms in total. The lowest BCUT2D eigenvalue weighted by Gasteiger charge is -2.19. The lowest BCUT2D eigenvalue weighted by Crippen LogP contribution is -2.29. The third-order valence-corrected chi connectivity index (χ3v) is 4.96. The average Bonchev–Trinajstić information content (AvgIpc) is 3.11. The number of carbonyl (C=O) groups excluding carboxylic acids is 1. The number of benzene rings is 2. The van der Waals surface area contributed by atoms with Crippen LogP contribution in [0.15, 0.2) is 48.5 Å². The molecule has 0 aliphatic rings. The van der Waals surface area contributed by atoms with Crippen molar-refractivity contribution in [3.63, 3.8) is 0 Å². The summed E-state index contributed by atoms with van der Waals surface area (Å²) in [5.74, 6) is -0.898. The first-order valence-electron chi connectivity index (χ1n) is 9.70. The minimum atomic E-state index is -1.05. The molecule has 0 aliphatic heterocycles. The van der Waals surface area contributed by atoms with E-state index >= 15 is 0 Å². The Morgan fingerprint density at radius 3 is 2.21 bits per heavy atom. The molecule has 1 N–H and O–H groups in total. The summed E-state index contributed by atoms with van der Waals surface area (Å²) in [4.78, 5) is 18.6. The van der Waals surface area contributed by atoms with Crippen LogP contribution in [0.5, 0.6) is 0 Å². The number of aromatic nitrogens is 1. The summed E-state index contributed by atoms with van der Waals surface area (Å²) in [5.41, 5.74) is 4.09. The Morgan fingerprint density at radius 1 is 0.929 bits per heavy atom. The highest BCUT2D eigenvalue weighted by Crippen LogP contribution is 2.32. The molecule has 3 rings (SSSR count). The Morgan fingerprint density at radius 2 is 1.61 bits per heavy atom. The van der Waals surface area contributed by atoms with E-state index in [9.17, 15) is 9.32 Å². The van der Waals surface area contributed by atoms with E-state index in [1.807, 2.05) is 32.0 Å². The van der Waals surface area contributed by atoms with Crippen LogP contribution in [-0.4, -0.2) is 11.0 Å². The van der Waals surface area contributed by atoms with Crippen molar-refractivity contribution in [2.24, 2.45) is 0 Å². The summed E-state index contributed by atoms with van der Waals surface area (Å²) in [6, 6.07) is 16.2. The molecule has 28 heavy (non-hydrogen) atoms. The van der Waals surface area contributed by atoms with Crippen molar-refractivity contribution in [1.29, 1.82) is 0 Å². The van der Waals surface area contributed by atoms with E-state index in [0.29, 0.717) is 5.56 Å². The standard InChI is InChI=1S/C22H24FNO2.C2H6/c1-21(2,3)16-8-6-7-14(11-16)19-13-15-12-17(9-10-18(15)24-19)22(4,5)20(25)26-23;1-2/h6-13,24H,1-5H3;1-2H3. The maximum absolute atomic E-state index is 12.4. The lowest BCUT2D eigenvalue weighted by atomic mass is 9.84. The van der Waals surface area contributed by atoms with Gasteiger partial charge in [-0.2, -0.15) is 0 Å². The van der Waals surface area contributed by atoms with E-state index in [4.69, 9.17) is 0 Å². The predicted molar refractivity (Wildman–Crippen MR) is 114 cm³/mol. The third kappa shape index (κ3) is 4.27. The Balaban J connectivity index is 0.00000136. The maximum Gasteiger partial charge on any atom is 0.358 e. The molecule has 1 aromatic heterocycles. The Kier molecular flexibility index (Phi) is 6.33. The van der Waals surface area contributed by atoms with Crippen LogP contribution in [0.25, 0.3) is 22.2 Å². The molecule has 0 atom stereocenters. The number of carbonyl (C=O) groups is 1. The fourth-order valence-corrected chi connectivity index (χ4v) is 3.04. The molecule has 3 aromatic rings. The van der Waals surface area contributed by atoms with Gasteiger partial charge in [-0.05, 0) is 60.2 Å². The van der Waals surface area contributed by atoms with E-state index in [1.165, 1.54) is 5.56 Å². The van der Waals surface area contributed by atoms with Crippen molar-refractivity contribution in [3.05, 3.63) is 59.7 Å². The van der Waals surface area contributed by atoms with Gasteiger partial charge in [-0.1, -0.05) is 58.9 Å². The molecule has 150 valence electrons. The highest BCUT2D eigenvalue weighted by atomic mass is 19.3. The normalized spacial score (nSPS) is 11.7. The summed E-state index contributed by atoms with van der Waals surface area (Å²) in [6.07, 6.45) is 0. The van der Waals surface area contributed by atoms with Crippen LogP contribution in [-0.2, 0) is 20.6 Å². The Bertz CT molecular complexity index is 964. The lowest BCUT2D eigenvalue weighted by molar-refractivity contribution is -0.190. The van der Waals surface area contributed by atoms with Crippen LogP contribution < -0.4 is 0 Å². The van der Waals surface area contributed by atoms with Crippen LogP contribution >= 0.6 is 0 Å². The number of H-pyrrole nitrogens is 1. The van der Waals surface area contributed by atoms with Crippen molar-refractivity contribution in [2.75, 3.05) is 0 Å². The largest absolute Gasteiger partial charge is 0.358 e. The second kappa shape index (κ2) is 8.17. The SMILES string of the molecule is CC.CC(C)(C)c1cccc(-c2cc3cc(C(C)(C)C(=O)OF)ccc3[nH]2)c1. The molecule has 4 heteroatoms. The monoisotopic (exact) mass is 383 g/mol. The number of nitrogens with one attached hydrogen (secondary N) is 1. The zero-order chi connectivity index (χ0) is 21.1. The van der Waals surface area contributed by atoms with Gasteiger partial charge in [0.1, 0.15) is 0 Å². The van der Waals surface area contributed by atoms with Gasteiger partial charge in [0.2, 0.25) is 0 Å². The van der Waals surface area contributed by atoms with Crippen molar-refractivity contribution in [3.8, 4) is 11.3 Å². The van der Waals surface area contributed by atoms with Crippen LogP contribution in [0.2, 0.25) is 0 Å². The van der Waals surface area contributed by atoms with Gasteiger partial charge >= 0.3 is 5.97 Å². The van der Waals surface area contributed by atoms with Gasteiger partial charge < -0.3 is 4.98 Å². The summed E-state index contributed by atoms with van der Waals surface area (Å²) in [7, 11) is 0. The Labute approximate surface area is 166 Å². The first-order valence-corrected chi connectivity index (χ1v) is 9.70. The molecule has 0 radical (unpaired) electrons. The molecule has 0 saturated heterocycles. The fraction of sp³-hybridized carbons (Fsp3) is 0.375. The first kappa shape index (κ1) is 21.7. The zero-order valence-electron chi connectivity index (χ0n) is 17.8. The van der Waals surface area contributed by atoms with Gasteiger partial charge in [0.05, 0.1) is 5.41 Å². The van der Waals surface area contributed by atoms with Crippen molar-refractivity contribution >= 4 is 16.9 Å². The number of rotatable bonds is 3. The molecule has 0 bridgehead atoms. The van der Waals surface area contributed by atoms with E-state index in [0.717, 1.165) is 22.2 Å². The highest BCUT2D eigenvalue weighted by Gasteiger charge is 2.33. The molecule has 0 aliphatic carbocycles. The second-order valence-corrected chi connectivity index (χ2v) is 8.31. The fourth-order valence-electron chi connectivity index (χ4n) is 3.04. The predicted octanol–water partition coefficient (Wildman–Crippen LogP) is 6.86. The van der Waals surface area contributed by atoms with Crippen LogP contribution in [0.1, 0.15) is 59.6 Å². The molecule has 0 amide bonds. The van der Waals surface area contributed by atoms with Crippen molar-refractivity contribution < 1.29 is 14.3 Å². The van der Waals surface area contributed by atoms with Gasteiger partial charge in [-0.3, -0.25) is 4.94 Å². The molecular formula is C24H30FNO2. The molecule has 1 heterocycles. The summed E-state index contributed by atoms with van der Waals surface area (Å²) >= 11 is 0. The first-order chi connectivity index (χ1) is 13.1. The molecule has 0 fully saturated rings. The average molecular weight is 384 g/mol. The number of fused-ring (bicyclic) bond motifs is 1. The van der Waals surface area contributed by atoms with Gasteiger partial charge in [-0.25, -0.2) is 4.79 Å². The van der Waals surface area contributed by atoms with Crippen LogP contribution in [0.4, 0.5) is 4.53 Å². The smallest absolute Gasteiger partial charge is 0.355 e. The zero-order valence-corrected chi connectivity index (χ0v) is 17.8. The van der Waals surface area contributed by atoms with Crippen molar-refractivity contribution in [2.45, 2.75) is 59.3 Å². The van der Waals surface area contributed by atoms with E-state index < -0.39 is 11.4 Å².